The Balaban J connectivity index is 3.43. The summed E-state index contributed by atoms with van der Waals surface area (Å²) in [7, 11) is 1.50. The molecule has 0 fully saturated rings. The zero-order valence-electron chi connectivity index (χ0n) is 6.58. The van der Waals surface area contributed by atoms with Gasteiger partial charge in [0.15, 0.2) is 10.9 Å². The first-order valence-corrected chi connectivity index (χ1v) is 4.69. The molecule has 0 unspecified atom stereocenters. The summed E-state index contributed by atoms with van der Waals surface area (Å²) in [4.78, 5) is 21.3. The fourth-order valence-corrected chi connectivity index (χ4v) is 1.81. The first-order valence-electron chi connectivity index (χ1n) is 3.23. The molecule has 0 radical (unpaired) electrons. The van der Waals surface area contributed by atoms with Gasteiger partial charge in [0.05, 0.1) is 3.57 Å². The summed E-state index contributed by atoms with van der Waals surface area (Å²) < 4.78 is 6.33. The van der Waals surface area contributed by atoms with E-state index in [1.807, 2.05) is 22.6 Å². The van der Waals surface area contributed by atoms with Crippen LogP contribution in [0.3, 0.4) is 0 Å². The average Bonchev–Trinajstić information content (AvgIpc) is 2.09. The maximum atomic E-state index is 11.1. The molecule has 0 atom stereocenters. The molecule has 0 aliphatic carbocycles. The van der Waals surface area contributed by atoms with Crippen molar-refractivity contribution in [3.63, 3.8) is 0 Å². The smallest absolute Gasteiger partial charge is 0.298 e. The Bertz CT molecular complexity index is 401. The van der Waals surface area contributed by atoms with Crippen molar-refractivity contribution in [1.29, 1.82) is 0 Å². The molecular weight excluding hydrogens is 308 g/mol. The van der Waals surface area contributed by atoms with Gasteiger partial charge in [-0.2, -0.15) is 0 Å². The number of ether oxygens (including phenoxy) is 1. The number of carbonyl (C=O) groups is 1. The van der Waals surface area contributed by atoms with Crippen LogP contribution in [-0.4, -0.2) is 11.0 Å². The lowest BCUT2D eigenvalue weighted by atomic mass is 10.4. The van der Waals surface area contributed by atoms with Gasteiger partial charge in [0.2, 0.25) is 0 Å². The molecule has 0 amide bonds. The summed E-state index contributed by atoms with van der Waals surface area (Å²) in [5.74, 6) is 0.208. The predicted octanol–water partition coefficient (Wildman–Crippen LogP) is 1.18. The SMILES string of the molecule is Cn1c(Cl)c(OC=O)c(I)cc1=O. The van der Waals surface area contributed by atoms with E-state index in [9.17, 15) is 9.59 Å². The van der Waals surface area contributed by atoms with Gasteiger partial charge in [-0.25, -0.2) is 0 Å². The average molecular weight is 313 g/mol. The van der Waals surface area contributed by atoms with E-state index >= 15 is 0 Å². The van der Waals surface area contributed by atoms with Gasteiger partial charge in [-0.05, 0) is 22.6 Å². The lowest BCUT2D eigenvalue weighted by Crippen LogP contribution is -2.17. The molecule has 0 spiro atoms. The van der Waals surface area contributed by atoms with Gasteiger partial charge in [-0.15, -0.1) is 0 Å². The van der Waals surface area contributed by atoms with Crippen LogP contribution >= 0.6 is 34.2 Å². The molecule has 0 N–H and O–H groups in total. The highest BCUT2D eigenvalue weighted by Gasteiger charge is 2.11. The third-order valence-corrected chi connectivity index (χ3v) is 2.67. The third-order valence-electron chi connectivity index (χ3n) is 1.45. The van der Waals surface area contributed by atoms with E-state index in [1.165, 1.54) is 17.7 Å². The van der Waals surface area contributed by atoms with E-state index in [0.717, 1.165) is 0 Å². The van der Waals surface area contributed by atoms with Crippen LogP contribution in [0.1, 0.15) is 0 Å². The van der Waals surface area contributed by atoms with Gasteiger partial charge < -0.3 is 4.74 Å². The van der Waals surface area contributed by atoms with Crippen molar-refractivity contribution in [2.75, 3.05) is 0 Å². The van der Waals surface area contributed by atoms with Gasteiger partial charge in [0.25, 0.3) is 12.0 Å². The van der Waals surface area contributed by atoms with Crippen LogP contribution in [0, 0.1) is 3.57 Å². The lowest BCUT2D eigenvalue weighted by molar-refractivity contribution is -0.120. The summed E-state index contributed by atoms with van der Waals surface area (Å²) in [6.07, 6.45) is 0. The molecule has 0 bridgehead atoms. The second-order valence-corrected chi connectivity index (χ2v) is 3.74. The van der Waals surface area contributed by atoms with Crippen molar-refractivity contribution in [3.8, 4) is 5.75 Å². The minimum Gasteiger partial charge on any atom is -0.424 e. The Morgan fingerprint density at radius 1 is 1.69 bits per heavy atom. The Hall–Kier alpha value is -0.560. The van der Waals surface area contributed by atoms with Crippen LogP contribution in [0.4, 0.5) is 0 Å². The van der Waals surface area contributed by atoms with E-state index < -0.39 is 0 Å². The molecule has 0 saturated heterocycles. The topological polar surface area (TPSA) is 48.3 Å². The van der Waals surface area contributed by atoms with Crippen LogP contribution in [0.15, 0.2) is 10.9 Å². The van der Waals surface area contributed by atoms with Gasteiger partial charge in [-0.3, -0.25) is 14.2 Å². The molecule has 70 valence electrons. The number of pyridine rings is 1. The normalized spacial score (nSPS) is 9.77. The quantitative estimate of drug-likeness (QED) is 0.468. The van der Waals surface area contributed by atoms with Crippen molar-refractivity contribution in [2.45, 2.75) is 0 Å². The molecule has 0 aliphatic rings. The molecule has 13 heavy (non-hydrogen) atoms. The van der Waals surface area contributed by atoms with Crippen molar-refractivity contribution >= 4 is 40.7 Å². The van der Waals surface area contributed by atoms with Crippen LogP contribution in [0.2, 0.25) is 5.15 Å². The fraction of sp³-hybridized carbons (Fsp3) is 0.143. The Kier molecular flexibility index (Phi) is 3.32. The zero-order valence-corrected chi connectivity index (χ0v) is 9.50. The summed E-state index contributed by atoms with van der Waals surface area (Å²) >= 11 is 7.63. The predicted molar refractivity (Wildman–Crippen MR) is 56.1 cm³/mol. The Morgan fingerprint density at radius 3 is 2.85 bits per heavy atom. The summed E-state index contributed by atoms with van der Waals surface area (Å²) in [6, 6.07) is 1.34. The number of hydrogen-bond acceptors (Lipinski definition) is 3. The minimum absolute atomic E-state index is 0.115. The molecule has 0 saturated carbocycles. The van der Waals surface area contributed by atoms with E-state index in [2.05, 4.69) is 4.74 Å². The van der Waals surface area contributed by atoms with Gasteiger partial charge in [0.1, 0.15) is 0 Å². The van der Waals surface area contributed by atoms with Crippen molar-refractivity contribution in [1.82, 2.24) is 4.57 Å². The molecule has 1 heterocycles. The molecule has 1 aromatic rings. The van der Waals surface area contributed by atoms with Crippen molar-refractivity contribution in [3.05, 3.63) is 25.1 Å². The zero-order chi connectivity index (χ0) is 10.0. The van der Waals surface area contributed by atoms with E-state index in [-0.39, 0.29) is 22.9 Å². The Morgan fingerprint density at radius 2 is 2.31 bits per heavy atom. The standard InChI is InChI=1S/C7H5ClINO3/c1-10-5(12)2-4(9)6(7(10)8)13-3-11/h2-3H,1H3. The van der Waals surface area contributed by atoms with Crippen LogP contribution in [-0.2, 0) is 11.8 Å². The van der Waals surface area contributed by atoms with Crippen LogP contribution < -0.4 is 10.3 Å². The van der Waals surface area contributed by atoms with E-state index in [0.29, 0.717) is 3.57 Å². The maximum Gasteiger partial charge on any atom is 0.298 e. The number of hydrogen-bond donors (Lipinski definition) is 0. The summed E-state index contributed by atoms with van der Waals surface area (Å²) in [6.45, 7) is 0.272. The lowest BCUT2D eigenvalue weighted by Gasteiger charge is -2.07. The second kappa shape index (κ2) is 4.10. The second-order valence-electron chi connectivity index (χ2n) is 2.22. The highest BCUT2D eigenvalue weighted by Crippen LogP contribution is 2.27. The van der Waals surface area contributed by atoms with Crippen LogP contribution in [0.5, 0.6) is 5.75 Å². The number of rotatable bonds is 2. The largest absolute Gasteiger partial charge is 0.424 e. The molecule has 1 aromatic heterocycles. The van der Waals surface area contributed by atoms with Crippen molar-refractivity contribution < 1.29 is 9.53 Å². The maximum absolute atomic E-state index is 11.1. The first kappa shape index (κ1) is 10.5. The van der Waals surface area contributed by atoms with E-state index in [4.69, 9.17) is 11.6 Å². The van der Waals surface area contributed by atoms with E-state index in [1.54, 1.807) is 0 Å². The van der Waals surface area contributed by atoms with Gasteiger partial charge in [0, 0.05) is 13.1 Å². The minimum atomic E-state index is -0.243. The van der Waals surface area contributed by atoms with Gasteiger partial charge >= 0.3 is 0 Å². The molecule has 1 rings (SSSR count). The molecule has 0 aliphatic heterocycles. The monoisotopic (exact) mass is 313 g/mol. The Labute approximate surface area is 92.6 Å². The first-order chi connectivity index (χ1) is 6.07. The summed E-state index contributed by atoms with van der Waals surface area (Å²) in [5.41, 5.74) is -0.243. The van der Waals surface area contributed by atoms with Gasteiger partial charge in [-0.1, -0.05) is 11.6 Å². The fourth-order valence-electron chi connectivity index (χ4n) is 0.771. The third kappa shape index (κ3) is 2.02. The highest BCUT2D eigenvalue weighted by molar-refractivity contribution is 14.1. The molecule has 4 nitrogen and oxygen atoms in total. The molecular formula is C7H5ClINO3. The van der Waals surface area contributed by atoms with Crippen molar-refractivity contribution in [2.24, 2.45) is 7.05 Å². The number of halogens is 2. The number of carbonyl (C=O) groups excluding carboxylic acids is 1. The molecule has 0 aromatic carbocycles. The number of nitrogens with zero attached hydrogens (tertiary/aromatic N) is 1. The molecule has 6 heteroatoms. The summed E-state index contributed by atoms with van der Waals surface area (Å²) in [5, 5.41) is 0.115. The number of aromatic nitrogens is 1. The van der Waals surface area contributed by atoms with Crippen LogP contribution in [0.25, 0.3) is 0 Å². The highest BCUT2D eigenvalue weighted by atomic mass is 127.